The van der Waals surface area contributed by atoms with Gasteiger partial charge in [0.15, 0.2) is 0 Å². The average molecular weight is 275 g/mol. The fourth-order valence-electron chi connectivity index (χ4n) is 3.16. The van der Waals surface area contributed by atoms with Crippen LogP contribution in [0.3, 0.4) is 0 Å². The molecule has 0 bridgehead atoms. The second kappa shape index (κ2) is 8.99. The van der Waals surface area contributed by atoms with E-state index in [9.17, 15) is 0 Å². The van der Waals surface area contributed by atoms with Crippen LogP contribution in [0.4, 0.5) is 5.69 Å². The predicted molar refractivity (Wildman–Crippen MR) is 87.7 cm³/mol. The summed E-state index contributed by atoms with van der Waals surface area (Å²) in [7, 11) is 0. The van der Waals surface area contributed by atoms with Gasteiger partial charge in [-0.25, -0.2) is 0 Å². The third-order valence-electron chi connectivity index (χ3n) is 3.75. The molecule has 3 atom stereocenters. The monoisotopic (exact) mass is 275 g/mol. The van der Waals surface area contributed by atoms with Crippen LogP contribution in [0.25, 0.3) is 0 Å². The maximum absolute atomic E-state index is 3.98. The maximum Gasteiger partial charge on any atom is 0.0452 e. The van der Waals surface area contributed by atoms with E-state index in [1.807, 2.05) is 6.07 Å². The highest BCUT2D eigenvalue weighted by molar-refractivity contribution is 5.39. The highest BCUT2D eigenvalue weighted by Gasteiger charge is 2.13. The molecular formula is C18H31N2. The number of hydrogen-bond donors (Lipinski definition) is 1. The lowest BCUT2D eigenvalue weighted by Crippen LogP contribution is -2.16. The maximum atomic E-state index is 3.98. The van der Waals surface area contributed by atoms with Gasteiger partial charge in [-0.05, 0) is 49.0 Å². The van der Waals surface area contributed by atoms with E-state index in [0.29, 0.717) is 5.92 Å². The van der Waals surface area contributed by atoms with E-state index in [0.717, 1.165) is 30.0 Å². The molecule has 0 saturated carbocycles. The first-order chi connectivity index (χ1) is 9.47. The Morgan fingerprint density at radius 3 is 2.25 bits per heavy atom. The summed E-state index contributed by atoms with van der Waals surface area (Å²) in [4.78, 5) is 3.98. The molecule has 1 aromatic rings. The summed E-state index contributed by atoms with van der Waals surface area (Å²) in [6, 6.07) is 5.08. The van der Waals surface area contributed by atoms with E-state index < -0.39 is 0 Å². The van der Waals surface area contributed by atoms with E-state index in [1.54, 1.807) is 12.4 Å². The SMILES string of the molecule is CC(C)CC(C)CC(C)CC(C)CNc1[c]cncc1. The van der Waals surface area contributed by atoms with Crippen molar-refractivity contribution < 1.29 is 0 Å². The molecule has 0 spiro atoms. The molecule has 1 radical (unpaired) electrons. The summed E-state index contributed by atoms with van der Waals surface area (Å²) in [6.07, 6.45) is 7.51. The number of aromatic nitrogens is 1. The summed E-state index contributed by atoms with van der Waals surface area (Å²) >= 11 is 0. The van der Waals surface area contributed by atoms with Crippen molar-refractivity contribution in [2.75, 3.05) is 11.9 Å². The molecule has 1 rings (SSSR count). The number of pyridine rings is 1. The van der Waals surface area contributed by atoms with Gasteiger partial charge in [-0.15, -0.1) is 0 Å². The molecule has 1 aromatic heterocycles. The minimum absolute atomic E-state index is 0.692. The molecule has 2 nitrogen and oxygen atoms in total. The largest absolute Gasteiger partial charge is 0.384 e. The van der Waals surface area contributed by atoms with Gasteiger partial charge in [0.05, 0.1) is 0 Å². The molecule has 3 unspecified atom stereocenters. The van der Waals surface area contributed by atoms with Crippen molar-refractivity contribution in [1.82, 2.24) is 4.98 Å². The molecule has 0 aliphatic carbocycles. The molecule has 20 heavy (non-hydrogen) atoms. The Morgan fingerprint density at radius 2 is 1.65 bits per heavy atom. The lowest BCUT2D eigenvalue weighted by molar-refractivity contribution is 0.317. The molecule has 113 valence electrons. The zero-order chi connectivity index (χ0) is 15.0. The quantitative estimate of drug-likeness (QED) is 0.684. The Balaban J connectivity index is 2.22. The van der Waals surface area contributed by atoms with Crippen LogP contribution in [0.15, 0.2) is 18.5 Å². The topological polar surface area (TPSA) is 24.9 Å². The lowest BCUT2D eigenvalue weighted by Gasteiger charge is -2.22. The standard InChI is InChI=1S/C18H31N2/c1-14(2)10-15(3)11-16(4)12-17(5)13-20-18-6-8-19-9-7-18/h6,8-9,14-17H,10-13H2,1-5H3,(H,19,20). The number of anilines is 1. The summed E-state index contributed by atoms with van der Waals surface area (Å²) < 4.78 is 0. The predicted octanol–water partition coefficient (Wildman–Crippen LogP) is 5.03. The highest BCUT2D eigenvalue weighted by atomic mass is 14.9. The first-order valence-electron chi connectivity index (χ1n) is 8.03. The van der Waals surface area contributed by atoms with Crippen LogP contribution in [0.5, 0.6) is 0 Å². The van der Waals surface area contributed by atoms with Gasteiger partial charge in [0.25, 0.3) is 0 Å². The van der Waals surface area contributed by atoms with E-state index in [-0.39, 0.29) is 0 Å². The van der Waals surface area contributed by atoms with Crippen molar-refractivity contribution in [1.29, 1.82) is 0 Å². The second-order valence-electron chi connectivity index (χ2n) is 6.95. The van der Waals surface area contributed by atoms with Crippen LogP contribution in [0.2, 0.25) is 0 Å². The normalized spacial score (nSPS) is 15.9. The molecule has 1 heterocycles. The Morgan fingerprint density at radius 1 is 1.00 bits per heavy atom. The third kappa shape index (κ3) is 7.52. The summed E-state index contributed by atoms with van der Waals surface area (Å²) in [6.45, 7) is 12.8. The van der Waals surface area contributed by atoms with E-state index >= 15 is 0 Å². The molecule has 0 aliphatic heterocycles. The fourth-order valence-corrected chi connectivity index (χ4v) is 3.16. The Hall–Kier alpha value is -1.05. The van der Waals surface area contributed by atoms with Crippen LogP contribution >= 0.6 is 0 Å². The molecular weight excluding hydrogens is 244 g/mol. The molecule has 2 heteroatoms. The summed E-state index contributed by atoms with van der Waals surface area (Å²) in [5.74, 6) is 3.16. The number of nitrogens with zero attached hydrogens (tertiary/aromatic N) is 1. The van der Waals surface area contributed by atoms with Crippen molar-refractivity contribution in [3.05, 3.63) is 24.5 Å². The van der Waals surface area contributed by atoms with Gasteiger partial charge >= 0.3 is 0 Å². The second-order valence-corrected chi connectivity index (χ2v) is 6.95. The van der Waals surface area contributed by atoms with Gasteiger partial charge in [-0.2, -0.15) is 0 Å². The van der Waals surface area contributed by atoms with Crippen molar-refractivity contribution >= 4 is 5.69 Å². The Bertz CT molecular complexity index is 348. The van der Waals surface area contributed by atoms with E-state index in [4.69, 9.17) is 0 Å². The first-order valence-corrected chi connectivity index (χ1v) is 8.03. The van der Waals surface area contributed by atoms with Crippen LogP contribution in [-0.2, 0) is 0 Å². The smallest absolute Gasteiger partial charge is 0.0452 e. The third-order valence-corrected chi connectivity index (χ3v) is 3.75. The molecule has 0 fully saturated rings. The van der Waals surface area contributed by atoms with Crippen molar-refractivity contribution in [2.24, 2.45) is 23.7 Å². The van der Waals surface area contributed by atoms with Gasteiger partial charge in [0.1, 0.15) is 0 Å². The zero-order valence-corrected chi connectivity index (χ0v) is 13.8. The molecule has 1 N–H and O–H groups in total. The van der Waals surface area contributed by atoms with Crippen LogP contribution in [0.1, 0.15) is 53.9 Å². The number of rotatable bonds is 9. The minimum Gasteiger partial charge on any atom is -0.384 e. The van der Waals surface area contributed by atoms with Crippen LogP contribution < -0.4 is 5.32 Å². The highest BCUT2D eigenvalue weighted by Crippen LogP contribution is 2.24. The Kier molecular flexibility index (Phi) is 7.64. The lowest BCUT2D eigenvalue weighted by atomic mass is 9.86. The summed E-state index contributed by atoms with van der Waals surface area (Å²) in [5, 5.41) is 3.44. The zero-order valence-electron chi connectivity index (χ0n) is 13.8. The van der Waals surface area contributed by atoms with Gasteiger partial charge in [0.2, 0.25) is 0 Å². The Labute approximate surface area is 125 Å². The van der Waals surface area contributed by atoms with E-state index in [1.165, 1.54) is 19.3 Å². The molecule has 0 amide bonds. The molecule has 0 aliphatic rings. The van der Waals surface area contributed by atoms with Gasteiger partial charge in [0, 0.05) is 30.7 Å². The van der Waals surface area contributed by atoms with E-state index in [2.05, 4.69) is 51.0 Å². The van der Waals surface area contributed by atoms with Gasteiger partial charge < -0.3 is 5.32 Å². The fraction of sp³-hybridized carbons (Fsp3) is 0.722. The minimum atomic E-state index is 0.692. The summed E-state index contributed by atoms with van der Waals surface area (Å²) in [5.41, 5.74) is 1.05. The van der Waals surface area contributed by atoms with Gasteiger partial charge in [-0.3, -0.25) is 4.98 Å². The first kappa shape index (κ1) is 17.0. The van der Waals surface area contributed by atoms with Crippen LogP contribution in [0, 0.1) is 29.7 Å². The van der Waals surface area contributed by atoms with Crippen molar-refractivity contribution in [2.45, 2.75) is 53.9 Å². The molecule has 0 aromatic carbocycles. The van der Waals surface area contributed by atoms with Crippen LogP contribution in [-0.4, -0.2) is 11.5 Å². The number of hydrogen-bond acceptors (Lipinski definition) is 2. The average Bonchev–Trinajstić information content (AvgIpc) is 2.36. The van der Waals surface area contributed by atoms with Crippen molar-refractivity contribution in [3.8, 4) is 0 Å². The van der Waals surface area contributed by atoms with Crippen molar-refractivity contribution in [3.63, 3.8) is 0 Å². The number of nitrogens with one attached hydrogen (secondary N) is 1. The molecule has 0 saturated heterocycles. The van der Waals surface area contributed by atoms with Gasteiger partial charge in [-0.1, -0.05) is 34.6 Å².